The Morgan fingerprint density at radius 3 is 1.81 bits per heavy atom. The Labute approximate surface area is 219 Å². The van der Waals surface area contributed by atoms with Gasteiger partial charge < -0.3 is 15.1 Å². The Morgan fingerprint density at radius 1 is 0.811 bits per heavy atom. The number of aryl methyl sites for hydroxylation is 2. The van der Waals surface area contributed by atoms with E-state index in [1.54, 1.807) is 7.05 Å². The average Bonchev–Trinajstić information content (AvgIpc) is 3.25. The lowest BCUT2D eigenvalue weighted by molar-refractivity contribution is -0.680. The molecule has 0 aliphatic rings. The fourth-order valence-electron chi connectivity index (χ4n) is 4.31. The van der Waals surface area contributed by atoms with Crippen LogP contribution in [0.4, 0.5) is 11.4 Å². The number of hydrogen-bond donors (Lipinski definition) is 1. The van der Waals surface area contributed by atoms with Crippen molar-refractivity contribution in [1.82, 2.24) is 9.72 Å². The maximum atomic E-state index is 12.8. The van der Waals surface area contributed by atoms with Crippen LogP contribution in [0.25, 0.3) is 30.0 Å². The van der Waals surface area contributed by atoms with Crippen molar-refractivity contribution in [3.05, 3.63) is 89.1 Å². The highest BCUT2D eigenvalue weighted by Gasteiger charge is 2.29. The molecule has 0 fully saturated rings. The van der Waals surface area contributed by atoms with Gasteiger partial charge in [-0.1, -0.05) is 36.4 Å². The normalized spacial score (nSPS) is 11.5. The van der Waals surface area contributed by atoms with E-state index in [2.05, 4.69) is 103 Å². The third kappa shape index (κ3) is 5.40. The van der Waals surface area contributed by atoms with Gasteiger partial charge in [-0.3, -0.25) is 4.79 Å². The SMILES string of the molecule is CNC(=O)c1c2n(c[n+]1C)c(/C=C/c1ccc(N(C)C)cc1)cc(/C=C/c1ccc(N(C)C)cc1)[n+]2C. The fraction of sp³-hybridized carbons (Fsp3) is 0.233. The third-order valence-corrected chi connectivity index (χ3v) is 6.51. The standard InChI is InChI=1S/C30H35N6O/c1-31-29(37)28-30-35(7)26(18-12-22-8-14-24(15-9-22)32(2)3)20-27(36(30)21-34(28)6)19-13-23-10-16-25(17-11-23)33(4)5/h8-21H,1-7H3/q+1/p+1. The van der Waals surface area contributed by atoms with Crippen LogP contribution in [0.2, 0.25) is 0 Å². The van der Waals surface area contributed by atoms with E-state index in [1.807, 2.05) is 53.2 Å². The van der Waals surface area contributed by atoms with E-state index in [0.29, 0.717) is 5.69 Å². The molecular weight excluding hydrogens is 460 g/mol. The Hall–Kier alpha value is -4.39. The summed E-state index contributed by atoms with van der Waals surface area (Å²) in [4.78, 5) is 17.0. The summed E-state index contributed by atoms with van der Waals surface area (Å²) < 4.78 is 5.97. The second-order valence-corrected chi connectivity index (χ2v) is 9.54. The second-order valence-electron chi connectivity index (χ2n) is 9.54. The molecule has 1 N–H and O–H groups in total. The number of carbonyl (C=O) groups is 1. The van der Waals surface area contributed by atoms with Crippen LogP contribution in [-0.4, -0.2) is 45.5 Å². The minimum absolute atomic E-state index is 0.129. The number of carbonyl (C=O) groups excluding carboxylic acids is 1. The summed E-state index contributed by atoms with van der Waals surface area (Å²) in [5, 5.41) is 2.78. The molecule has 37 heavy (non-hydrogen) atoms. The summed E-state index contributed by atoms with van der Waals surface area (Å²) in [6.07, 6.45) is 10.3. The largest absolute Gasteiger partial charge is 0.378 e. The van der Waals surface area contributed by atoms with Crippen molar-refractivity contribution in [2.45, 2.75) is 0 Å². The zero-order chi connectivity index (χ0) is 26.7. The fourth-order valence-corrected chi connectivity index (χ4v) is 4.31. The zero-order valence-electron chi connectivity index (χ0n) is 22.7. The van der Waals surface area contributed by atoms with Gasteiger partial charge in [-0.25, -0.2) is 9.13 Å². The average molecular weight is 497 g/mol. The van der Waals surface area contributed by atoms with Crippen molar-refractivity contribution in [2.24, 2.45) is 14.1 Å². The van der Waals surface area contributed by atoms with Crippen LogP contribution >= 0.6 is 0 Å². The van der Waals surface area contributed by atoms with Gasteiger partial charge >= 0.3 is 5.65 Å². The summed E-state index contributed by atoms with van der Waals surface area (Å²) in [5.41, 5.74) is 7.89. The Bertz CT molecular complexity index is 1480. The van der Waals surface area contributed by atoms with E-state index in [4.69, 9.17) is 0 Å². The monoisotopic (exact) mass is 496 g/mol. The number of imidazole rings is 1. The molecule has 7 nitrogen and oxygen atoms in total. The molecule has 0 saturated carbocycles. The number of nitrogens with one attached hydrogen (secondary N) is 1. The summed E-state index contributed by atoms with van der Waals surface area (Å²) >= 11 is 0. The molecule has 0 aliphatic heterocycles. The van der Waals surface area contributed by atoms with Gasteiger partial charge in [-0.2, -0.15) is 4.40 Å². The summed E-state index contributed by atoms with van der Waals surface area (Å²) in [6, 6.07) is 19.0. The molecule has 7 heteroatoms. The van der Waals surface area contributed by atoms with E-state index in [-0.39, 0.29) is 5.91 Å². The maximum absolute atomic E-state index is 12.8. The van der Waals surface area contributed by atoms with Crippen LogP contribution in [-0.2, 0) is 14.1 Å². The first-order valence-electron chi connectivity index (χ1n) is 12.3. The Morgan fingerprint density at radius 2 is 1.32 bits per heavy atom. The molecule has 0 unspecified atom stereocenters. The highest BCUT2D eigenvalue weighted by atomic mass is 16.1. The molecule has 2 heterocycles. The van der Waals surface area contributed by atoms with Crippen molar-refractivity contribution >= 4 is 47.2 Å². The van der Waals surface area contributed by atoms with Crippen LogP contribution in [0, 0.1) is 0 Å². The van der Waals surface area contributed by atoms with Crippen molar-refractivity contribution in [3.63, 3.8) is 0 Å². The van der Waals surface area contributed by atoms with Crippen LogP contribution in [0.15, 0.2) is 60.9 Å². The first-order chi connectivity index (χ1) is 17.7. The van der Waals surface area contributed by atoms with Crippen LogP contribution in [0.3, 0.4) is 0 Å². The minimum Gasteiger partial charge on any atom is -0.378 e. The molecule has 0 saturated heterocycles. The molecule has 0 spiro atoms. The Balaban J connectivity index is 1.81. The van der Waals surface area contributed by atoms with E-state index in [0.717, 1.165) is 39.5 Å². The van der Waals surface area contributed by atoms with Gasteiger partial charge in [0, 0.05) is 52.7 Å². The topological polar surface area (TPSA) is 47.8 Å². The number of benzene rings is 2. The number of anilines is 2. The number of amides is 1. The summed E-state index contributed by atoms with van der Waals surface area (Å²) in [7, 11) is 13.7. The van der Waals surface area contributed by atoms with Gasteiger partial charge in [0.05, 0.1) is 14.1 Å². The van der Waals surface area contributed by atoms with Gasteiger partial charge in [-0.05, 0) is 47.5 Å². The number of fused-ring (bicyclic) bond motifs is 1. The molecule has 0 bridgehead atoms. The highest BCUT2D eigenvalue weighted by molar-refractivity contribution is 5.95. The molecule has 0 atom stereocenters. The molecular formula is C30H36N6O+2. The van der Waals surface area contributed by atoms with Gasteiger partial charge in [0.25, 0.3) is 17.9 Å². The number of hydrogen-bond acceptors (Lipinski definition) is 3. The molecule has 2 aromatic heterocycles. The molecule has 4 aromatic rings. The van der Waals surface area contributed by atoms with E-state index < -0.39 is 0 Å². The van der Waals surface area contributed by atoms with Gasteiger partial charge in [0.15, 0.2) is 0 Å². The van der Waals surface area contributed by atoms with Gasteiger partial charge in [0.2, 0.25) is 0 Å². The highest BCUT2D eigenvalue weighted by Crippen LogP contribution is 2.18. The van der Waals surface area contributed by atoms with E-state index in [1.165, 1.54) is 0 Å². The first-order valence-corrected chi connectivity index (χ1v) is 12.3. The van der Waals surface area contributed by atoms with E-state index >= 15 is 0 Å². The van der Waals surface area contributed by atoms with Crippen molar-refractivity contribution in [1.29, 1.82) is 0 Å². The van der Waals surface area contributed by atoms with Crippen molar-refractivity contribution < 1.29 is 13.9 Å². The lowest BCUT2D eigenvalue weighted by Gasteiger charge is -2.11. The van der Waals surface area contributed by atoms with Gasteiger partial charge in [0.1, 0.15) is 11.4 Å². The predicted molar refractivity (Wildman–Crippen MR) is 153 cm³/mol. The minimum atomic E-state index is -0.129. The van der Waals surface area contributed by atoms with Crippen LogP contribution < -0.4 is 24.3 Å². The molecule has 1 amide bonds. The molecule has 4 rings (SSSR count). The van der Waals surface area contributed by atoms with Crippen molar-refractivity contribution in [3.8, 4) is 0 Å². The van der Waals surface area contributed by atoms with Gasteiger partial charge in [-0.15, -0.1) is 0 Å². The molecule has 190 valence electrons. The summed E-state index contributed by atoms with van der Waals surface area (Å²) in [6.45, 7) is 0. The zero-order valence-corrected chi connectivity index (χ0v) is 22.7. The second kappa shape index (κ2) is 10.7. The lowest BCUT2D eigenvalue weighted by Crippen LogP contribution is -2.41. The number of nitrogens with zero attached hydrogens (tertiary/aromatic N) is 5. The number of rotatable bonds is 7. The number of aromatic nitrogens is 3. The van der Waals surface area contributed by atoms with Crippen LogP contribution in [0.1, 0.15) is 33.0 Å². The molecule has 0 radical (unpaired) electrons. The molecule has 0 aliphatic carbocycles. The Kier molecular flexibility index (Phi) is 7.43. The smallest absolute Gasteiger partial charge is 0.343 e. The lowest BCUT2D eigenvalue weighted by atomic mass is 10.1. The van der Waals surface area contributed by atoms with Crippen molar-refractivity contribution in [2.75, 3.05) is 45.0 Å². The first kappa shape index (κ1) is 25.7. The quantitative estimate of drug-likeness (QED) is 0.399. The summed E-state index contributed by atoms with van der Waals surface area (Å²) in [5.74, 6) is -0.129. The predicted octanol–water partition coefficient (Wildman–Crippen LogP) is 3.42. The van der Waals surface area contributed by atoms with E-state index in [9.17, 15) is 4.79 Å². The molecule has 2 aromatic carbocycles. The maximum Gasteiger partial charge on any atom is 0.343 e. The third-order valence-electron chi connectivity index (χ3n) is 6.51. The van der Waals surface area contributed by atoms with Crippen LogP contribution in [0.5, 0.6) is 0 Å².